The van der Waals surface area contributed by atoms with E-state index in [1.165, 1.54) is 11.8 Å². The Hall–Kier alpha value is -3.33. The van der Waals surface area contributed by atoms with E-state index in [4.69, 9.17) is 4.74 Å². The number of piperazine rings is 1. The summed E-state index contributed by atoms with van der Waals surface area (Å²) in [7, 11) is 1.64. The molecule has 0 radical (unpaired) electrons. The molecule has 9 heteroatoms. The van der Waals surface area contributed by atoms with Crippen LogP contribution in [0.25, 0.3) is 17.1 Å². The van der Waals surface area contributed by atoms with E-state index in [0.29, 0.717) is 30.6 Å². The van der Waals surface area contributed by atoms with E-state index >= 15 is 0 Å². The molecular formula is C30H39N5O3S. The van der Waals surface area contributed by atoms with Gasteiger partial charge in [0.1, 0.15) is 5.75 Å². The molecule has 0 aliphatic carbocycles. The molecule has 1 aromatic heterocycles. The quantitative estimate of drug-likeness (QED) is 0.302. The molecule has 2 unspecified atom stereocenters. The maximum absolute atomic E-state index is 13.3. The molecule has 2 atom stereocenters. The number of hydrogen-bond donors (Lipinski definition) is 0. The van der Waals surface area contributed by atoms with E-state index in [-0.39, 0.29) is 29.5 Å². The van der Waals surface area contributed by atoms with Crippen LogP contribution in [0.3, 0.4) is 0 Å². The molecule has 0 bridgehead atoms. The minimum atomic E-state index is 0.00325. The number of hydrogen-bond acceptors (Lipinski definition) is 6. The van der Waals surface area contributed by atoms with Crippen molar-refractivity contribution in [3.63, 3.8) is 0 Å². The first-order chi connectivity index (χ1) is 19.0. The van der Waals surface area contributed by atoms with Crippen LogP contribution in [0, 0.1) is 5.92 Å². The minimum Gasteiger partial charge on any atom is -0.497 e. The van der Waals surface area contributed by atoms with Crippen LogP contribution in [0.5, 0.6) is 5.75 Å². The molecule has 2 aromatic carbocycles. The van der Waals surface area contributed by atoms with Crippen molar-refractivity contribution in [2.24, 2.45) is 5.92 Å². The number of aromatic nitrogens is 3. The first-order valence-electron chi connectivity index (χ1n) is 13.8. The molecule has 39 heavy (non-hydrogen) atoms. The van der Waals surface area contributed by atoms with Gasteiger partial charge in [-0.3, -0.25) is 14.2 Å². The Kier molecular flexibility index (Phi) is 10.0. The van der Waals surface area contributed by atoms with Crippen molar-refractivity contribution in [1.82, 2.24) is 24.6 Å². The number of benzene rings is 2. The van der Waals surface area contributed by atoms with Gasteiger partial charge in [-0.05, 0) is 44.0 Å². The van der Waals surface area contributed by atoms with E-state index in [2.05, 4.69) is 24.0 Å². The van der Waals surface area contributed by atoms with Gasteiger partial charge in [-0.1, -0.05) is 68.8 Å². The summed E-state index contributed by atoms with van der Waals surface area (Å²) in [4.78, 5) is 30.3. The summed E-state index contributed by atoms with van der Waals surface area (Å²) >= 11 is 1.38. The number of carbonyl (C=O) groups excluding carboxylic acids is 2. The fraction of sp³-hybridized carbons (Fsp3) is 0.467. The zero-order valence-corrected chi connectivity index (χ0v) is 24.2. The third-order valence-electron chi connectivity index (χ3n) is 7.31. The van der Waals surface area contributed by atoms with Gasteiger partial charge >= 0.3 is 0 Å². The molecule has 2 amide bonds. The normalized spacial score (nSPS) is 16.3. The summed E-state index contributed by atoms with van der Waals surface area (Å²) in [5.41, 5.74) is 1.80. The molecule has 0 saturated carbocycles. The maximum atomic E-state index is 13.3. The molecule has 0 N–H and O–H groups in total. The fourth-order valence-electron chi connectivity index (χ4n) is 5.04. The Balaban J connectivity index is 1.45. The third-order valence-corrected chi connectivity index (χ3v) is 8.23. The number of thioether (sulfide) groups is 1. The molecular weight excluding hydrogens is 510 g/mol. The van der Waals surface area contributed by atoms with Crippen molar-refractivity contribution in [3.05, 3.63) is 54.6 Å². The second-order valence-corrected chi connectivity index (χ2v) is 10.9. The van der Waals surface area contributed by atoms with Crippen LogP contribution in [0.1, 0.15) is 46.5 Å². The first-order valence-corrected chi connectivity index (χ1v) is 14.8. The number of ether oxygens (including phenoxy) is 1. The van der Waals surface area contributed by atoms with Crippen LogP contribution in [0.15, 0.2) is 59.8 Å². The zero-order chi connectivity index (χ0) is 27.8. The molecule has 8 nitrogen and oxygen atoms in total. The molecule has 1 aliphatic rings. The van der Waals surface area contributed by atoms with Crippen molar-refractivity contribution >= 4 is 23.6 Å². The Morgan fingerprint density at radius 3 is 2.56 bits per heavy atom. The second-order valence-electron chi connectivity index (χ2n) is 9.97. The Bertz CT molecular complexity index is 1250. The van der Waals surface area contributed by atoms with Crippen LogP contribution in [0.4, 0.5) is 0 Å². The highest BCUT2D eigenvalue weighted by molar-refractivity contribution is 7.99. The zero-order valence-electron chi connectivity index (χ0n) is 23.4. The first kappa shape index (κ1) is 28.7. The summed E-state index contributed by atoms with van der Waals surface area (Å²) in [6.45, 7) is 7.98. The predicted octanol–water partition coefficient (Wildman–Crippen LogP) is 5.31. The topological polar surface area (TPSA) is 80.6 Å². The van der Waals surface area contributed by atoms with Gasteiger partial charge in [0.2, 0.25) is 11.8 Å². The van der Waals surface area contributed by atoms with Crippen LogP contribution in [-0.4, -0.2) is 74.9 Å². The van der Waals surface area contributed by atoms with E-state index in [1.54, 1.807) is 7.11 Å². The number of unbranched alkanes of at least 4 members (excludes halogenated alkanes) is 1. The molecule has 208 valence electrons. The fourth-order valence-corrected chi connectivity index (χ4v) is 5.89. The highest BCUT2D eigenvalue weighted by Gasteiger charge is 2.32. The highest BCUT2D eigenvalue weighted by Crippen LogP contribution is 2.30. The lowest BCUT2D eigenvalue weighted by molar-refractivity contribution is -0.144. The van der Waals surface area contributed by atoms with Crippen LogP contribution in [0.2, 0.25) is 0 Å². The summed E-state index contributed by atoms with van der Waals surface area (Å²) in [5.74, 6) is 2.03. The smallest absolute Gasteiger partial charge is 0.233 e. The van der Waals surface area contributed by atoms with Crippen LogP contribution < -0.4 is 4.74 Å². The Morgan fingerprint density at radius 1 is 1.08 bits per heavy atom. The predicted molar refractivity (Wildman–Crippen MR) is 155 cm³/mol. The van der Waals surface area contributed by atoms with E-state index in [9.17, 15) is 9.59 Å². The van der Waals surface area contributed by atoms with Crippen molar-refractivity contribution in [2.45, 2.75) is 57.7 Å². The molecule has 1 aliphatic heterocycles. The molecule has 3 aromatic rings. The average molecular weight is 550 g/mol. The average Bonchev–Trinajstić information content (AvgIpc) is 3.40. The summed E-state index contributed by atoms with van der Waals surface area (Å²) in [6.07, 6.45) is 3.97. The maximum Gasteiger partial charge on any atom is 0.233 e. The molecule has 1 saturated heterocycles. The number of para-hydroxylation sites is 1. The number of carbonyl (C=O) groups is 2. The Labute approximate surface area is 235 Å². The highest BCUT2D eigenvalue weighted by atomic mass is 32.2. The molecule has 1 fully saturated rings. The lowest BCUT2D eigenvalue weighted by Crippen LogP contribution is -2.56. The SMILES string of the molecule is CCCCC(CC)C(=O)N1CCN(C(=O)CSc2nnc(-c3cccc(OC)c3)n2-c2ccccc2)CC1C. The molecule has 0 spiro atoms. The number of rotatable bonds is 11. The third kappa shape index (κ3) is 6.82. The van der Waals surface area contributed by atoms with Crippen molar-refractivity contribution < 1.29 is 14.3 Å². The molecule has 4 rings (SSSR count). The monoisotopic (exact) mass is 549 g/mol. The standard InChI is InChI=1S/C30H39N5O3S/c1-5-7-12-23(6-2)29(37)34-18-17-33(20-22(34)3)27(36)21-39-30-32-31-28(24-13-11-16-26(19-24)38-4)35(30)25-14-9-8-10-15-25/h8-11,13-16,19,22-23H,5-7,12,17-18,20-21H2,1-4H3. The van der Waals surface area contributed by atoms with Crippen LogP contribution >= 0.6 is 11.8 Å². The van der Waals surface area contributed by atoms with Gasteiger partial charge in [-0.15, -0.1) is 10.2 Å². The van der Waals surface area contributed by atoms with Crippen molar-refractivity contribution in [1.29, 1.82) is 0 Å². The number of amides is 2. The van der Waals surface area contributed by atoms with Gasteiger partial charge in [-0.2, -0.15) is 0 Å². The number of methoxy groups -OCH3 is 1. The van der Waals surface area contributed by atoms with Gasteiger partial charge in [0.25, 0.3) is 0 Å². The van der Waals surface area contributed by atoms with Gasteiger partial charge < -0.3 is 14.5 Å². The lowest BCUT2D eigenvalue weighted by atomic mass is 9.96. The van der Waals surface area contributed by atoms with E-state index < -0.39 is 0 Å². The van der Waals surface area contributed by atoms with Gasteiger partial charge in [-0.25, -0.2) is 0 Å². The van der Waals surface area contributed by atoms with Gasteiger partial charge in [0.15, 0.2) is 11.0 Å². The summed E-state index contributed by atoms with van der Waals surface area (Å²) in [5, 5.41) is 9.59. The minimum absolute atomic E-state index is 0.00325. The lowest BCUT2D eigenvalue weighted by Gasteiger charge is -2.41. The second kappa shape index (κ2) is 13.6. The van der Waals surface area contributed by atoms with Gasteiger partial charge in [0.05, 0.1) is 12.9 Å². The summed E-state index contributed by atoms with van der Waals surface area (Å²) in [6, 6.07) is 17.6. The van der Waals surface area contributed by atoms with E-state index in [1.807, 2.05) is 75.9 Å². The largest absolute Gasteiger partial charge is 0.497 e. The van der Waals surface area contributed by atoms with Crippen LogP contribution in [-0.2, 0) is 9.59 Å². The van der Waals surface area contributed by atoms with Gasteiger partial charge in [0, 0.05) is 42.8 Å². The van der Waals surface area contributed by atoms with Crippen molar-refractivity contribution in [3.8, 4) is 22.8 Å². The van der Waals surface area contributed by atoms with E-state index in [0.717, 1.165) is 42.7 Å². The van der Waals surface area contributed by atoms with Crippen molar-refractivity contribution in [2.75, 3.05) is 32.5 Å². The summed E-state index contributed by atoms with van der Waals surface area (Å²) < 4.78 is 7.38. The Morgan fingerprint density at radius 2 is 1.87 bits per heavy atom. The number of nitrogens with zero attached hydrogens (tertiary/aromatic N) is 5. The molecule has 2 heterocycles.